The molecule has 0 unspecified atom stereocenters. The van der Waals surface area contributed by atoms with Gasteiger partial charge in [-0.15, -0.1) is 5.10 Å². The minimum absolute atomic E-state index is 0.186. The Balaban J connectivity index is 1.40. The van der Waals surface area contributed by atoms with Crippen molar-refractivity contribution in [3.8, 4) is 0 Å². The predicted molar refractivity (Wildman–Crippen MR) is 92.5 cm³/mol. The monoisotopic (exact) mass is 362 g/mol. The third kappa shape index (κ3) is 4.66. The molecule has 2 N–H and O–H groups in total. The number of likely N-dealkylation sites (tertiary alicyclic amines) is 1. The fourth-order valence-electron chi connectivity index (χ4n) is 2.83. The van der Waals surface area contributed by atoms with Crippen LogP contribution < -0.4 is 15.5 Å². The van der Waals surface area contributed by atoms with E-state index in [1.807, 2.05) is 6.07 Å². The van der Waals surface area contributed by atoms with Crippen molar-refractivity contribution < 1.29 is 19.1 Å². The molecule has 3 amide bonds. The number of hydrogen-bond acceptors (Lipinski definition) is 8. The maximum atomic E-state index is 11.8. The van der Waals surface area contributed by atoms with Crippen LogP contribution in [-0.4, -0.2) is 78.8 Å². The number of carbonyl (C=O) groups is 3. The summed E-state index contributed by atoms with van der Waals surface area (Å²) in [6.07, 6.45) is 2.08. The summed E-state index contributed by atoms with van der Waals surface area (Å²) in [5, 5.41) is 13.8. The van der Waals surface area contributed by atoms with Gasteiger partial charge in [0.15, 0.2) is 5.82 Å². The van der Waals surface area contributed by atoms with Crippen LogP contribution in [0.4, 0.5) is 11.5 Å². The van der Waals surface area contributed by atoms with Crippen LogP contribution in [-0.2, 0) is 19.1 Å². The molecule has 1 aromatic rings. The van der Waals surface area contributed by atoms with Crippen molar-refractivity contribution in [2.24, 2.45) is 0 Å². The molecule has 10 nitrogen and oxygen atoms in total. The topological polar surface area (TPSA) is 117 Å². The lowest BCUT2D eigenvalue weighted by Crippen LogP contribution is -2.41. The fourth-order valence-corrected chi connectivity index (χ4v) is 2.83. The van der Waals surface area contributed by atoms with Crippen molar-refractivity contribution in [2.75, 3.05) is 56.2 Å². The zero-order chi connectivity index (χ0) is 18.4. The van der Waals surface area contributed by atoms with Crippen molar-refractivity contribution in [1.29, 1.82) is 0 Å². The molecular weight excluding hydrogens is 340 g/mol. The number of anilines is 2. The Labute approximate surface area is 150 Å². The van der Waals surface area contributed by atoms with Gasteiger partial charge in [-0.2, -0.15) is 5.10 Å². The van der Waals surface area contributed by atoms with Gasteiger partial charge in [-0.05, 0) is 0 Å². The zero-order valence-electron chi connectivity index (χ0n) is 14.4. The highest BCUT2D eigenvalue weighted by atomic mass is 16.5. The van der Waals surface area contributed by atoms with Crippen LogP contribution in [0, 0.1) is 0 Å². The Morgan fingerprint density at radius 3 is 2.62 bits per heavy atom. The molecule has 0 aromatic carbocycles. The second-order valence-corrected chi connectivity index (χ2v) is 6.05. The lowest BCUT2D eigenvalue weighted by Gasteiger charge is -2.28. The van der Waals surface area contributed by atoms with Gasteiger partial charge in [-0.3, -0.25) is 19.3 Å². The molecule has 0 aliphatic carbocycles. The Morgan fingerprint density at radius 2 is 1.88 bits per heavy atom. The van der Waals surface area contributed by atoms with Gasteiger partial charge in [0.25, 0.3) is 0 Å². The summed E-state index contributed by atoms with van der Waals surface area (Å²) >= 11 is 0. The summed E-state index contributed by atoms with van der Waals surface area (Å²) in [6.45, 7) is 3.60. The van der Waals surface area contributed by atoms with E-state index in [1.165, 1.54) is 0 Å². The molecule has 26 heavy (non-hydrogen) atoms. The third-order valence-electron chi connectivity index (χ3n) is 4.23. The van der Waals surface area contributed by atoms with Crippen molar-refractivity contribution >= 4 is 29.2 Å². The van der Waals surface area contributed by atoms with E-state index in [4.69, 9.17) is 4.74 Å². The molecule has 2 fully saturated rings. The second kappa shape index (κ2) is 8.56. The van der Waals surface area contributed by atoms with Gasteiger partial charge in [0.05, 0.1) is 25.1 Å². The first-order chi connectivity index (χ1) is 12.6. The predicted octanol–water partition coefficient (Wildman–Crippen LogP) is -1.01. The number of imide groups is 1. The van der Waals surface area contributed by atoms with Crippen molar-refractivity contribution in [2.45, 2.75) is 12.8 Å². The highest BCUT2D eigenvalue weighted by Gasteiger charge is 2.30. The van der Waals surface area contributed by atoms with Gasteiger partial charge in [0.1, 0.15) is 6.54 Å². The van der Waals surface area contributed by atoms with Gasteiger partial charge in [-0.25, -0.2) is 0 Å². The van der Waals surface area contributed by atoms with E-state index in [1.54, 1.807) is 6.20 Å². The molecule has 3 rings (SSSR count). The van der Waals surface area contributed by atoms with Crippen LogP contribution in [0.1, 0.15) is 12.8 Å². The van der Waals surface area contributed by atoms with Crippen LogP contribution >= 0.6 is 0 Å². The lowest BCUT2D eigenvalue weighted by atomic mass is 10.3. The van der Waals surface area contributed by atoms with Gasteiger partial charge < -0.3 is 20.3 Å². The first-order valence-corrected chi connectivity index (χ1v) is 8.62. The largest absolute Gasteiger partial charge is 0.378 e. The van der Waals surface area contributed by atoms with Gasteiger partial charge in [0.2, 0.25) is 17.7 Å². The van der Waals surface area contributed by atoms with Crippen LogP contribution in [0.5, 0.6) is 0 Å². The average molecular weight is 362 g/mol. The van der Waals surface area contributed by atoms with Crippen LogP contribution in [0.2, 0.25) is 0 Å². The fraction of sp³-hybridized carbons (Fsp3) is 0.562. The Morgan fingerprint density at radius 1 is 1.15 bits per heavy atom. The first-order valence-electron chi connectivity index (χ1n) is 8.62. The molecule has 0 bridgehead atoms. The van der Waals surface area contributed by atoms with E-state index in [-0.39, 0.29) is 37.1 Å². The summed E-state index contributed by atoms with van der Waals surface area (Å²) in [5.74, 6) is -0.325. The number of aromatic nitrogens is 2. The number of hydrogen-bond donors (Lipinski definition) is 2. The quantitative estimate of drug-likeness (QED) is 0.468. The van der Waals surface area contributed by atoms with E-state index in [0.29, 0.717) is 32.1 Å². The highest BCUT2D eigenvalue weighted by molar-refractivity contribution is 6.04. The summed E-state index contributed by atoms with van der Waals surface area (Å²) < 4.78 is 5.33. The average Bonchev–Trinajstić information content (AvgIpc) is 2.98. The van der Waals surface area contributed by atoms with Crippen molar-refractivity contribution in [1.82, 2.24) is 20.4 Å². The molecule has 140 valence electrons. The molecule has 0 atom stereocenters. The maximum Gasteiger partial charge on any atom is 0.240 e. The Hall–Kier alpha value is -2.75. The standard InChI is InChI=1S/C16H22N6O4/c23-14(11-22-15(24)1-2-16(22)25)18-4-3-17-13-9-12(10-19-20-13)21-5-7-26-8-6-21/h9-10H,1-8,11H2,(H,17,20)(H,18,23). The summed E-state index contributed by atoms with van der Waals surface area (Å²) in [6, 6.07) is 1.90. The highest BCUT2D eigenvalue weighted by Crippen LogP contribution is 2.16. The minimum Gasteiger partial charge on any atom is -0.378 e. The number of amides is 3. The first kappa shape index (κ1) is 18.1. The van der Waals surface area contributed by atoms with E-state index in [2.05, 4.69) is 25.7 Å². The number of nitrogens with zero attached hydrogens (tertiary/aromatic N) is 4. The summed E-state index contributed by atoms with van der Waals surface area (Å²) in [4.78, 5) is 38.0. The van der Waals surface area contributed by atoms with Gasteiger partial charge in [-0.1, -0.05) is 0 Å². The molecule has 1 aromatic heterocycles. The van der Waals surface area contributed by atoms with E-state index in [0.717, 1.165) is 23.7 Å². The number of nitrogens with one attached hydrogen (secondary N) is 2. The molecule has 2 aliphatic rings. The zero-order valence-corrected chi connectivity index (χ0v) is 14.4. The van der Waals surface area contributed by atoms with E-state index in [9.17, 15) is 14.4 Å². The van der Waals surface area contributed by atoms with Crippen LogP contribution in [0.3, 0.4) is 0 Å². The van der Waals surface area contributed by atoms with E-state index < -0.39 is 0 Å². The molecule has 0 radical (unpaired) electrons. The molecule has 3 heterocycles. The second-order valence-electron chi connectivity index (χ2n) is 6.05. The Bertz CT molecular complexity index is 660. The lowest BCUT2D eigenvalue weighted by molar-refractivity contribution is -0.142. The van der Waals surface area contributed by atoms with Gasteiger partial charge >= 0.3 is 0 Å². The number of rotatable bonds is 7. The van der Waals surface area contributed by atoms with Crippen LogP contribution in [0.15, 0.2) is 12.3 Å². The summed E-state index contributed by atoms with van der Waals surface area (Å²) in [5.41, 5.74) is 0.973. The normalized spacial score (nSPS) is 17.5. The summed E-state index contributed by atoms with van der Waals surface area (Å²) in [7, 11) is 0. The SMILES string of the molecule is O=C(CN1C(=O)CCC1=O)NCCNc1cc(N2CCOCC2)cnn1. The molecule has 2 aliphatic heterocycles. The molecular formula is C16H22N6O4. The maximum absolute atomic E-state index is 11.8. The van der Waals surface area contributed by atoms with Crippen LogP contribution in [0.25, 0.3) is 0 Å². The Kier molecular flexibility index (Phi) is 5.95. The third-order valence-corrected chi connectivity index (χ3v) is 4.23. The minimum atomic E-state index is -0.358. The number of morpholine rings is 1. The van der Waals surface area contributed by atoms with Crippen molar-refractivity contribution in [3.63, 3.8) is 0 Å². The molecule has 0 spiro atoms. The number of carbonyl (C=O) groups excluding carboxylic acids is 3. The molecule has 0 saturated carbocycles. The smallest absolute Gasteiger partial charge is 0.240 e. The molecule has 2 saturated heterocycles. The van der Waals surface area contributed by atoms with Crippen molar-refractivity contribution in [3.05, 3.63) is 12.3 Å². The van der Waals surface area contributed by atoms with Gasteiger partial charge in [0, 0.05) is 45.1 Å². The van der Waals surface area contributed by atoms with E-state index >= 15 is 0 Å². The molecule has 10 heteroatoms. The number of ether oxygens (including phenoxy) is 1.